The van der Waals surface area contributed by atoms with Crippen LogP contribution in [0, 0.1) is 0 Å². The van der Waals surface area contributed by atoms with Gasteiger partial charge in [0.05, 0.1) is 22.8 Å². The Kier molecular flexibility index (Phi) is 7.02. The number of Topliss-reactive ketones (excluding diaryl/α,β-unsaturated/α-hetero) is 1. The van der Waals surface area contributed by atoms with Crippen LogP contribution in [0.2, 0.25) is 5.02 Å². The molecule has 1 aliphatic carbocycles. The Morgan fingerprint density at radius 3 is 2.57 bits per heavy atom. The van der Waals surface area contributed by atoms with E-state index in [2.05, 4.69) is 10.6 Å². The molecule has 1 aliphatic heterocycles. The first-order chi connectivity index (χ1) is 17.9. The summed E-state index contributed by atoms with van der Waals surface area (Å²) < 4.78 is 5.71. The highest BCUT2D eigenvalue weighted by Crippen LogP contribution is 2.36. The Labute approximate surface area is 219 Å². The monoisotopic (exact) mass is 521 g/mol. The van der Waals surface area contributed by atoms with Crippen molar-refractivity contribution in [3.05, 3.63) is 58.8 Å². The first-order valence-corrected chi connectivity index (χ1v) is 12.9. The third-order valence-electron chi connectivity index (χ3n) is 7.26. The molecule has 1 aromatic heterocycles. The highest BCUT2D eigenvalue weighted by atomic mass is 35.5. The summed E-state index contributed by atoms with van der Waals surface area (Å²) in [5, 5.41) is 6.71. The Balaban J connectivity index is 1.39. The molecular formula is C28H28ClN3O5. The molecule has 3 aromatic rings. The maximum Gasteiger partial charge on any atom is 0.287 e. The van der Waals surface area contributed by atoms with Crippen LogP contribution in [0.5, 0.6) is 0 Å². The number of carbonyl (C=O) groups excluding carboxylic acids is 4. The summed E-state index contributed by atoms with van der Waals surface area (Å²) in [6, 6.07) is 12.3. The van der Waals surface area contributed by atoms with Gasteiger partial charge in [-0.05, 0) is 43.5 Å². The fraction of sp³-hybridized carbons (Fsp3) is 0.357. The second kappa shape index (κ2) is 10.4. The number of piperidine rings is 1. The van der Waals surface area contributed by atoms with Gasteiger partial charge in [-0.15, -0.1) is 0 Å². The highest BCUT2D eigenvalue weighted by molar-refractivity contribution is 6.36. The first kappa shape index (κ1) is 25.0. The zero-order chi connectivity index (χ0) is 26.0. The number of benzene rings is 2. The van der Waals surface area contributed by atoms with Crippen LogP contribution in [-0.4, -0.2) is 42.5 Å². The van der Waals surface area contributed by atoms with Gasteiger partial charge in [-0.3, -0.25) is 19.2 Å². The van der Waals surface area contributed by atoms with Crippen molar-refractivity contribution in [1.82, 2.24) is 5.32 Å². The molecule has 37 heavy (non-hydrogen) atoms. The van der Waals surface area contributed by atoms with E-state index >= 15 is 0 Å². The number of halogens is 1. The van der Waals surface area contributed by atoms with Gasteiger partial charge in [-0.1, -0.05) is 49.1 Å². The van der Waals surface area contributed by atoms with Crippen molar-refractivity contribution in [1.29, 1.82) is 0 Å². The average molecular weight is 522 g/mol. The maximum absolute atomic E-state index is 13.7. The van der Waals surface area contributed by atoms with E-state index in [0.29, 0.717) is 49.8 Å². The van der Waals surface area contributed by atoms with E-state index in [1.165, 1.54) is 0 Å². The van der Waals surface area contributed by atoms with E-state index in [1.54, 1.807) is 24.3 Å². The summed E-state index contributed by atoms with van der Waals surface area (Å²) in [5.41, 5.74) is 0.522. The Morgan fingerprint density at radius 1 is 1.05 bits per heavy atom. The van der Waals surface area contributed by atoms with Crippen molar-refractivity contribution in [3.8, 4) is 0 Å². The van der Waals surface area contributed by atoms with Gasteiger partial charge >= 0.3 is 0 Å². The third-order valence-corrected chi connectivity index (χ3v) is 7.67. The lowest BCUT2D eigenvalue weighted by Gasteiger charge is -2.36. The summed E-state index contributed by atoms with van der Waals surface area (Å²) in [7, 11) is 0. The van der Waals surface area contributed by atoms with Crippen molar-refractivity contribution in [2.75, 3.05) is 23.3 Å². The number of furan rings is 1. The molecule has 5 rings (SSSR count). The van der Waals surface area contributed by atoms with Crippen molar-refractivity contribution < 1.29 is 23.6 Å². The van der Waals surface area contributed by atoms with Gasteiger partial charge < -0.3 is 20.0 Å². The van der Waals surface area contributed by atoms with Crippen molar-refractivity contribution in [2.45, 2.75) is 50.5 Å². The molecule has 0 atom stereocenters. The number of hydrogen-bond donors (Lipinski definition) is 2. The zero-order valence-electron chi connectivity index (χ0n) is 20.3. The fourth-order valence-corrected chi connectivity index (χ4v) is 5.54. The molecule has 2 amide bonds. The topological polar surface area (TPSA) is 109 Å². The van der Waals surface area contributed by atoms with Crippen LogP contribution in [0.1, 0.15) is 65.9 Å². The van der Waals surface area contributed by atoms with Gasteiger partial charge in [0.1, 0.15) is 11.1 Å². The maximum atomic E-state index is 13.7. The Bertz CT molecular complexity index is 1340. The summed E-state index contributed by atoms with van der Waals surface area (Å²) in [5.74, 6) is -0.606. The Hall–Kier alpha value is -3.65. The number of anilines is 2. The minimum atomic E-state index is -1.14. The molecule has 2 heterocycles. The van der Waals surface area contributed by atoms with Crippen molar-refractivity contribution in [2.24, 2.45) is 0 Å². The van der Waals surface area contributed by atoms with Crippen LogP contribution in [0.25, 0.3) is 11.0 Å². The summed E-state index contributed by atoms with van der Waals surface area (Å²) in [6.07, 6.45) is 5.35. The molecule has 0 bridgehead atoms. The standard InChI is InChI=1S/C28H28ClN3O5/c29-25-20(17-33)22(32-14-6-8-19(34)16-32)11-10-21(25)30-27(36)28(12-4-1-5-13-28)31-26(35)24-15-18-7-2-3-9-23(18)37-24/h2-3,7,9-11,15,17H,1,4-6,8,12-14,16H2,(H,30,36)(H,31,35). The number of nitrogens with one attached hydrogen (secondary N) is 2. The van der Waals surface area contributed by atoms with Crippen LogP contribution < -0.4 is 15.5 Å². The molecule has 2 fully saturated rings. The van der Waals surface area contributed by atoms with Crippen LogP contribution in [-0.2, 0) is 9.59 Å². The fourth-order valence-electron chi connectivity index (χ4n) is 5.29. The minimum absolute atomic E-state index is 0.105. The Morgan fingerprint density at radius 2 is 1.84 bits per heavy atom. The number of aldehydes is 1. The SMILES string of the molecule is O=Cc1c(N2CCCC(=O)C2)ccc(NC(=O)C2(NC(=O)c3cc4ccccc4o3)CCCCC2)c1Cl. The second-order valence-corrected chi connectivity index (χ2v) is 10.1. The highest BCUT2D eigenvalue weighted by Gasteiger charge is 2.42. The molecule has 0 spiro atoms. The van der Waals surface area contributed by atoms with E-state index < -0.39 is 17.4 Å². The number of carbonyl (C=O) groups is 4. The quantitative estimate of drug-likeness (QED) is 0.435. The number of amides is 2. The number of ketones is 1. The van der Waals surface area contributed by atoms with Gasteiger partial charge in [0.15, 0.2) is 17.8 Å². The first-order valence-electron chi connectivity index (χ1n) is 12.6. The number of rotatable bonds is 6. The summed E-state index contributed by atoms with van der Waals surface area (Å²) >= 11 is 6.58. The van der Waals surface area contributed by atoms with E-state index in [0.717, 1.165) is 24.6 Å². The van der Waals surface area contributed by atoms with Gasteiger partial charge in [0.2, 0.25) is 5.91 Å². The lowest BCUT2D eigenvalue weighted by atomic mass is 9.80. The second-order valence-electron chi connectivity index (χ2n) is 9.74. The molecule has 2 aliphatic rings. The summed E-state index contributed by atoms with van der Waals surface area (Å²) in [4.78, 5) is 52.6. The molecule has 192 valence electrons. The molecule has 8 nitrogen and oxygen atoms in total. The third kappa shape index (κ3) is 4.98. The number of hydrogen-bond acceptors (Lipinski definition) is 6. The van der Waals surface area contributed by atoms with E-state index in [1.807, 2.05) is 23.1 Å². The number of nitrogens with zero attached hydrogens (tertiary/aromatic N) is 1. The molecule has 9 heteroatoms. The molecule has 2 aromatic carbocycles. The average Bonchev–Trinajstić information content (AvgIpc) is 3.35. The molecule has 1 saturated carbocycles. The van der Waals surface area contributed by atoms with Gasteiger partial charge in [-0.2, -0.15) is 0 Å². The van der Waals surface area contributed by atoms with Crippen LogP contribution in [0.15, 0.2) is 46.9 Å². The molecule has 1 saturated heterocycles. The normalized spacial score (nSPS) is 17.4. The predicted molar refractivity (Wildman–Crippen MR) is 141 cm³/mol. The van der Waals surface area contributed by atoms with Gasteiger partial charge in [-0.25, -0.2) is 0 Å². The van der Waals surface area contributed by atoms with Crippen LogP contribution in [0.4, 0.5) is 11.4 Å². The molecule has 0 unspecified atom stereocenters. The van der Waals surface area contributed by atoms with E-state index in [4.69, 9.17) is 16.0 Å². The van der Waals surface area contributed by atoms with Crippen molar-refractivity contribution >= 4 is 57.8 Å². The molecule has 2 N–H and O–H groups in total. The van der Waals surface area contributed by atoms with E-state index in [-0.39, 0.29) is 34.4 Å². The number of para-hydroxylation sites is 1. The largest absolute Gasteiger partial charge is 0.451 e. The smallest absolute Gasteiger partial charge is 0.287 e. The lowest BCUT2D eigenvalue weighted by molar-refractivity contribution is -0.123. The zero-order valence-corrected chi connectivity index (χ0v) is 21.1. The molecule has 0 radical (unpaired) electrons. The van der Waals surface area contributed by atoms with Crippen LogP contribution in [0.3, 0.4) is 0 Å². The number of fused-ring (bicyclic) bond motifs is 1. The lowest BCUT2D eigenvalue weighted by Crippen LogP contribution is -2.57. The molecular weight excluding hydrogens is 494 g/mol. The van der Waals surface area contributed by atoms with Crippen LogP contribution >= 0.6 is 11.6 Å². The van der Waals surface area contributed by atoms with Gasteiger partial charge in [0.25, 0.3) is 5.91 Å². The predicted octanol–water partition coefficient (Wildman–Crippen LogP) is 5.14. The van der Waals surface area contributed by atoms with Crippen molar-refractivity contribution in [3.63, 3.8) is 0 Å². The summed E-state index contributed by atoms with van der Waals surface area (Å²) in [6.45, 7) is 0.866. The minimum Gasteiger partial charge on any atom is -0.451 e. The van der Waals surface area contributed by atoms with E-state index in [9.17, 15) is 19.2 Å². The van der Waals surface area contributed by atoms with Gasteiger partial charge in [0, 0.05) is 24.0 Å².